The monoisotopic (exact) mass is 451 g/mol. The minimum Gasteiger partial charge on any atom is -0.460 e. The largest absolute Gasteiger partial charge is 0.460 e. The average molecular weight is 452 g/mol. The SMILES string of the molecule is CC(=O)C(C(=O)OCc1ccccc1)C(NC(=O)c1ccccc1)c1ccc2ccccc2c1. The fraction of sp³-hybridized carbons (Fsp3) is 0.138. The molecule has 0 aromatic heterocycles. The van der Waals surface area contributed by atoms with Crippen LogP contribution in [0.25, 0.3) is 10.8 Å². The molecule has 5 nitrogen and oxygen atoms in total. The average Bonchev–Trinajstić information content (AvgIpc) is 2.87. The number of rotatable bonds is 8. The van der Waals surface area contributed by atoms with Gasteiger partial charge in [0, 0.05) is 5.56 Å². The lowest BCUT2D eigenvalue weighted by Crippen LogP contribution is -2.40. The van der Waals surface area contributed by atoms with Gasteiger partial charge in [-0.3, -0.25) is 14.4 Å². The third-order valence-electron chi connectivity index (χ3n) is 5.70. The van der Waals surface area contributed by atoms with Crippen LogP contribution >= 0.6 is 0 Å². The van der Waals surface area contributed by atoms with Crippen molar-refractivity contribution in [1.29, 1.82) is 0 Å². The molecule has 0 bridgehead atoms. The summed E-state index contributed by atoms with van der Waals surface area (Å²) in [6.45, 7) is 1.39. The Morgan fingerprint density at radius 1 is 0.765 bits per heavy atom. The minimum absolute atomic E-state index is 0.0422. The van der Waals surface area contributed by atoms with E-state index in [1.807, 2.05) is 78.9 Å². The lowest BCUT2D eigenvalue weighted by Gasteiger charge is -2.26. The van der Waals surface area contributed by atoms with E-state index in [9.17, 15) is 14.4 Å². The predicted octanol–water partition coefficient (Wildman–Crippen LogP) is 5.26. The summed E-state index contributed by atoms with van der Waals surface area (Å²) in [5.41, 5.74) is 1.90. The van der Waals surface area contributed by atoms with Gasteiger partial charge in [0.25, 0.3) is 5.91 Å². The molecule has 0 saturated heterocycles. The Kier molecular flexibility index (Phi) is 7.13. The summed E-state index contributed by atoms with van der Waals surface area (Å²) >= 11 is 0. The first-order chi connectivity index (χ1) is 16.5. The highest BCUT2D eigenvalue weighted by Crippen LogP contribution is 2.28. The van der Waals surface area contributed by atoms with E-state index in [4.69, 9.17) is 4.74 Å². The van der Waals surface area contributed by atoms with Crippen molar-refractivity contribution in [3.05, 3.63) is 120 Å². The second kappa shape index (κ2) is 10.6. The van der Waals surface area contributed by atoms with Crippen molar-refractivity contribution < 1.29 is 19.1 Å². The lowest BCUT2D eigenvalue weighted by molar-refractivity contribution is -0.154. The highest BCUT2D eigenvalue weighted by molar-refractivity contribution is 6.01. The molecular formula is C29H25NO4. The molecule has 0 aliphatic rings. The van der Waals surface area contributed by atoms with E-state index in [0.29, 0.717) is 11.1 Å². The van der Waals surface area contributed by atoms with E-state index in [2.05, 4.69) is 5.32 Å². The van der Waals surface area contributed by atoms with Gasteiger partial charge in [0.2, 0.25) is 0 Å². The molecule has 34 heavy (non-hydrogen) atoms. The summed E-state index contributed by atoms with van der Waals surface area (Å²) in [5.74, 6) is -2.63. The maximum Gasteiger partial charge on any atom is 0.319 e. The van der Waals surface area contributed by atoms with Gasteiger partial charge in [-0.05, 0) is 47.0 Å². The highest BCUT2D eigenvalue weighted by Gasteiger charge is 2.36. The predicted molar refractivity (Wildman–Crippen MR) is 131 cm³/mol. The lowest BCUT2D eigenvalue weighted by atomic mass is 9.88. The molecule has 170 valence electrons. The molecule has 0 saturated carbocycles. The number of amides is 1. The number of carbonyl (C=O) groups is 3. The van der Waals surface area contributed by atoms with Crippen LogP contribution < -0.4 is 5.32 Å². The summed E-state index contributed by atoms with van der Waals surface area (Å²) in [5, 5.41) is 4.88. The number of carbonyl (C=O) groups excluding carboxylic acids is 3. The van der Waals surface area contributed by atoms with Crippen LogP contribution in [0.2, 0.25) is 0 Å². The van der Waals surface area contributed by atoms with Gasteiger partial charge >= 0.3 is 5.97 Å². The van der Waals surface area contributed by atoms with Gasteiger partial charge in [-0.2, -0.15) is 0 Å². The van der Waals surface area contributed by atoms with Gasteiger partial charge in [0.1, 0.15) is 18.3 Å². The fourth-order valence-corrected chi connectivity index (χ4v) is 3.93. The molecule has 0 aliphatic heterocycles. The number of fused-ring (bicyclic) bond motifs is 1. The first-order valence-corrected chi connectivity index (χ1v) is 11.1. The van der Waals surface area contributed by atoms with Crippen LogP contribution in [-0.4, -0.2) is 17.7 Å². The molecule has 4 rings (SSSR count). The second-order valence-electron chi connectivity index (χ2n) is 8.11. The van der Waals surface area contributed by atoms with Crippen LogP contribution in [0.4, 0.5) is 0 Å². The molecule has 1 N–H and O–H groups in total. The van der Waals surface area contributed by atoms with E-state index >= 15 is 0 Å². The molecule has 2 atom stereocenters. The van der Waals surface area contributed by atoms with E-state index in [1.165, 1.54) is 6.92 Å². The van der Waals surface area contributed by atoms with Gasteiger partial charge < -0.3 is 10.1 Å². The Morgan fingerprint density at radius 2 is 1.38 bits per heavy atom. The molecule has 0 fully saturated rings. The number of benzene rings is 4. The Hall–Kier alpha value is -4.25. The first-order valence-electron chi connectivity index (χ1n) is 11.1. The Bertz CT molecular complexity index is 1300. The van der Waals surface area contributed by atoms with Gasteiger partial charge in [-0.15, -0.1) is 0 Å². The Balaban J connectivity index is 1.68. The number of hydrogen-bond acceptors (Lipinski definition) is 4. The topological polar surface area (TPSA) is 72.5 Å². The normalized spacial score (nSPS) is 12.5. The first kappa shape index (κ1) is 22.9. The van der Waals surface area contributed by atoms with Crippen LogP contribution in [0.1, 0.15) is 34.5 Å². The smallest absolute Gasteiger partial charge is 0.319 e. The maximum absolute atomic E-state index is 13.2. The third kappa shape index (κ3) is 5.38. The second-order valence-corrected chi connectivity index (χ2v) is 8.11. The molecule has 0 heterocycles. The molecule has 0 spiro atoms. The summed E-state index contributed by atoms with van der Waals surface area (Å²) in [6.07, 6.45) is 0. The zero-order chi connectivity index (χ0) is 23.9. The van der Waals surface area contributed by atoms with Gasteiger partial charge in [-0.1, -0.05) is 84.9 Å². The molecule has 0 radical (unpaired) electrons. The summed E-state index contributed by atoms with van der Waals surface area (Å²) in [4.78, 5) is 38.9. The van der Waals surface area contributed by atoms with Crippen LogP contribution in [0.5, 0.6) is 0 Å². The number of ketones is 1. The van der Waals surface area contributed by atoms with Crippen molar-refractivity contribution in [2.45, 2.75) is 19.6 Å². The van der Waals surface area contributed by atoms with Gasteiger partial charge in [0.05, 0.1) is 6.04 Å². The van der Waals surface area contributed by atoms with Crippen molar-refractivity contribution in [2.75, 3.05) is 0 Å². The number of Topliss-reactive ketones (excluding diaryl/α,β-unsaturated/α-hetero) is 1. The van der Waals surface area contributed by atoms with Gasteiger partial charge in [0.15, 0.2) is 0 Å². The van der Waals surface area contributed by atoms with Crippen molar-refractivity contribution >= 4 is 28.4 Å². The summed E-state index contributed by atoms with van der Waals surface area (Å²) < 4.78 is 5.52. The molecule has 2 unspecified atom stereocenters. The molecule has 4 aromatic rings. The standard InChI is InChI=1S/C29H25NO4/c1-20(31)26(29(33)34-19-21-10-4-2-5-11-21)27(30-28(32)23-13-6-3-7-14-23)25-17-16-22-12-8-9-15-24(22)18-25/h2-18,26-27H,19H2,1H3,(H,30,32). The maximum atomic E-state index is 13.2. The van der Waals surface area contributed by atoms with Crippen LogP contribution in [-0.2, 0) is 20.9 Å². The number of esters is 1. The van der Waals surface area contributed by atoms with Crippen molar-refractivity contribution in [3.63, 3.8) is 0 Å². The Labute approximate surface area is 198 Å². The highest BCUT2D eigenvalue weighted by atomic mass is 16.5. The summed E-state index contributed by atoms with van der Waals surface area (Å²) in [7, 11) is 0. The van der Waals surface area contributed by atoms with Crippen LogP contribution in [0.3, 0.4) is 0 Å². The van der Waals surface area contributed by atoms with Crippen molar-refractivity contribution in [1.82, 2.24) is 5.32 Å². The zero-order valence-electron chi connectivity index (χ0n) is 18.8. The van der Waals surface area contributed by atoms with Gasteiger partial charge in [-0.25, -0.2) is 0 Å². The number of hydrogen-bond donors (Lipinski definition) is 1. The van der Waals surface area contributed by atoms with E-state index in [0.717, 1.165) is 16.3 Å². The fourth-order valence-electron chi connectivity index (χ4n) is 3.93. The molecule has 1 amide bonds. The van der Waals surface area contributed by atoms with E-state index in [1.54, 1.807) is 24.3 Å². The molecule has 0 aliphatic carbocycles. The minimum atomic E-state index is -1.20. The van der Waals surface area contributed by atoms with E-state index in [-0.39, 0.29) is 18.3 Å². The molecule has 4 aromatic carbocycles. The third-order valence-corrected chi connectivity index (χ3v) is 5.70. The molecular weight excluding hydrogens is 426 g/mol. The Morgan fingerprint density at radius 3 is 2.06 bits per heavy atom. The molecule has 5 heteroatoms. The van der Waals surface area contributed by atoms with Crippen LogP contribution in [0.15, 0.2) is 103 Å². The zero-order valence-corrected chi connectivity index (χ0v) is 18.8. The summed E-state index contributed by atoms with van der Waals surface area (Å²) in [6, 6.07) is 30.5. The van der Waals surface area contributed by atoms with Crippen molar-refractivity contribution in [3.8, 4) is 0 Å². The van der Waals surface area contributed by atoms with Crippen molar-refractivity contribution in [2.24, 2.45) is 5.92 Å². The quantitative estimate of drug-likeness (QED) is 0.293. The van der Waals surface area contributed by atoms with E-state index < -0.39 is 17.9 Å². The number of nitrogens with one attached hydrogen (secondary N) is 1. The van der Waals surface area contributed by atoms with Crippen LogP contribution in [0, 0.1) is 5.92 Å². The number of ether oxygens (including phenoxy) is 1.